The van der Waals surface area contributed by atoms with Gasteiger partial charge in [-0.05, 0) is 40.8 Å². The molecule has 0 amide bonds. The van der Waals surface area contributed by atoms with Gasteiger partial charge >= 0.3 is 0 Å². The Labute approximate surface area is 126 Å². The van der Waals surface area contributed by atoms with Crippen LogP contribution in [-0.2, 0) is 0 Å². The molecule has 19 heavy (non-hydrogen) atoms. The zero-order valence-corrected chi connectivity index (χ0v) is 12.4. The van der Waals surface area contributed by atoms with Crippen molar-refractivity contribution in [3.63, 3.8) is 0 Å². The van der Waals surface area contributed by atoms with Gasteiger partial charge in [-0.1, -0.05) is 11.6 Å². The summed E-state index contributed by atoms with van der Waals surface area (Å²) >= 11 is 8.25. The SMILES string of the molecule is Nc1nccc(-c2cc(I)c3c(c2)c(Cl)nn3N)n1. The van der Waals surface area contributed by atoms with E-state index in [0.29, 0.717) is 5.15 Å². The van der Waals surface area contributed by atoms with E-state index in [9.17, 15) is 0 Å². The average molecular weight is 387 g/mol. The minimum atomic E-state index is 0.230. The standard InChI is InChI=1S/C11H8ClIN6/c12-10-6-3-5(8-1-2-16-11(14)17-8)4-7(13)9(6)19(15)18-10/h1-4H,15H2,(H2,14,16,17). The van der Waals surface area contributed by atoms with Crippen molar-refractivity contribution in [3.05, 3.63) is 33.1 Å². The minimum absolute atomic E-state index is 0.230. The number of hydrogen-bond acceptors (Lipinski definition) is 5. The lowest BCUT2D eigenvalue weighted by molar-refractivity contribution is 0.861. The normalized spacial score (nSPS) is 11.1. The van der Waals surface area contributed by atoms with Crippen molar-refractivity contribution in [2.45, 2.75) is 0 Å². The van der Waals surface area contributed by atoms with Crippen molar-refractivity contribution < 1.29 is 0 Å². The Hall–Kier alpha value is -1.61. The Balaban J connectivity index is 2.29. The molecule has 2 heterocycles. The molecule has 0 aliphatic rings. The van der Waals surface area contributed by atoms with Gasteiger partial charge < -0.3 is 11.6 Å². The van der Waals surface area contributed by atoms with E-state index in [1.54, 1.807) is 12.3 Å². The van der Waals surface area contributed by atoms with Gasteiger partial charge in [0.05, 0.1) is 5.69 Å². The molecule has 0 saturated carbocycles. The summed E-state index contributed by atoms with van der Waals surface area (Å²) in [5.41, 5.74) is 8.00. The Bertz CT molecular complexity index is 784. The lowest BCUT2D eigenvalue weighted by Gasteiger charge is -2.04. The number of nitrogens with zero attached hydrogens (tertiary/aromatic N) is 4. The van der Waals surface area contributed by atoms with Gasteiger partial charge in [0.2, 0.25) is 5.95 Å². The third-order valence-electron chi connectivity index (χ3n) is 2.68. The van der Waals surface area contributed by atoms with Crippen molar-refractivity contribution in [3.8, 4) is 11.3 Å². The molecule has 1 aromatic carbocycles. The predicted molar refractivity (Wildman–Crippen MR) is 83.0 cm³/mol. The van der Waals surface area contributed by atoms with Crippen LogP contribution in [-0.4, -0.2) is 19.9 Å². The minimum Gasteiger partial charge on any atom is -0.368 e. The van der Waals surface area contributed by atoms with Crippen LogP contribution in [0.3, 0.4) is 0 Å². The van der Waals surface area contributed by atoms with Crippen LogP contribution in [0.15, 0.2) is 24.4 Å². The first-order chi connectivity index (χ1) is 9.06. The number of benzene rings is 1. The molecule has 0 bridgehead atoms. The number of aromatic nitrogens is 4. The Morgan fingerprint density at radius 2 is 2.11 bits per heavy atom. The van der Waals surface area contributed by atoms with E-state index in [0.717, 1.165) is 25.7 Å². The van der Waals surface area contributed by atoms with Crippen molar-refractivity contribution >= 4 is 51.0 Å². The summed E-state index contributed by atoms with van der Waals surface area (Å²) in [6, 6.07) is 5.62. The highest BCUT2D eigenvalue weighted by Gasteiger charge is 2.13. The first-order valence-corrected chi connectivity index (χ1v) is 6.73. The zero-order chi connectivity index (χ0) is 13.6. The maximum Gasteiger partial charge on any atom is 0.220 e. The monoisotopic (exact) mass is 386 g/mol. The van der Waals surface area contributed by atoms with Gasteiger partial charge in [-0.2, -0.15) is 4.79 Å². The van der Waals surface area contributed by atoms with E-state index in [2.05, 4.69) is 37.7 Å². The molecular weight excluding hydrogens is 379 g/mol. The predicted octanol–water partition coefficient (Wildman–Crippen LogP) is 2.05. The second-order valence-electron chi connectivity index (χ2n) is 3.89. The van der Waals surface area contributed by atoms with Crippen LogP contribution in [0.2, 0.25) is 5.15 Å². The van der Waals surface area contributed by atoms with E-state index in [-0.39, 0.29) is 5.95 Å². The van der Waals surface area contributed by atoms with Crippen molar-refractivity contribution in [2.24, 2.45) is 0 Å². The topological polar surface area (TPSA) is 95.6 Å². The molecule has 0 atom stereocenters. The molecule has 96 valence electrons. The van der Waals surface area contributed by atoms with Crippen LogP contribution < -0.4 is 11.6 Å². The maximum atomic E-state index is 6.07. The molecule has 3 aromatic rings. The van der Waals surface area contributed by atoms with Crippen LogP contribution in [0.1, 0.15) is 0 Å². The third kappa shape index (κ3) is 2.08. The van der Waals surface area contributed by atoms with Crippen molar-refractivity contribution in [2.75, 3.05) is 11.6 Å². The smallest absolute Gasteiger partial charge is 0.220 e. The van der Waals surface area contributed by atoms with Crippen molar-refractivity contribution in [1.29, 1.82) is 0 Å². The number of fused-ring (bicyclic) bond motifs is 1. The molecule has 2 aromatic heterocycles. The summed E-state index contributed by atoms with van der Waals surface area (Å²) in [6.45, 7) is 0. The maximum absolute atomic E-state index is 6.07. The number of nitrogen functional groups attached to an aromatic ring is 2. The molecular formula is C11H8ClIN6. The first kappa shape index (κ1) is 12.4. The summed E-state index contributed by atoms with van der Waals surface area (Å²) in [5.74, 6) is 5.99. The van der Waals surface area contributed by atoms with Gasteiger partial charge in [0.1, 0.15) is 5.52 Å². The fourth-order valence-corrected chi connectivity index (χ4v) is 2.97. The van der Waals surface area contributed by atoms with Crippen LogP contribution in [0.25, 0.3) is 22.2 Å². The first-order valence-electron chi connectivity index (χ1n) is 5.28. The number of hydrogen-bond donors (Lipinski definition) is 2. The molecule has 8 heteroatoms. The fourth-order valence-electron chi connectivity index (χ4n) is 1.87. The second kappa shape index (κ2) is 4.49. The number of rotatable bonds is 1. The van der Waals surface area contributed by atoms with Gasteiger partial charge in [0, 0.05) is 20.7 Å². The average Bonchev–Trinajstić information content (AvgIpc) is 2.65. The highest BCUT2D eigenvalue weighted by molar-refractivity contribution is 14.1. The van der Waals surface area contributed by atoms with E-state index < -0.39 is 0 Å². The van der Waals surface area contributed by atoms with Gasteiger partial charge in [-0.15, -0.1) is 5.10 Å². The zero-order valence-electron chi connectivity index (χ0n) is 9.51. The highest BCUT2D eigenvalue weighted by atomic mass is 127. The molecule has 0 saturated heterocycles. The van der Waals surface area contributed by atoms with E-state index in [1.807, 2.05) is 12.1 Å². The summed E-state index contributed by atoms with van der Waals surface area (Å²) < 4.78 is 0.934. The molecule has 0 fully saturated rings. The van der Waals surface area contributed by atoms with Gasteiger partial charge in [-0.3, -0.25) is 0 Å². The van der Waals surface area contributed by atoms with E-state index in [1.165, 1.54) is 4.79 Å². The number of halogens is 2. The molecule has 4 N–H and O–H groups in total. The van der Waals surface area contributed by atoms with Crippen LogP contribution >= 0.6 is 34.2 Å². The third-order valence-corrected chi connectivity index (χ3v) is 3.78. The molecule has 3 rings (SSSR count). The Morgan fingerprint density at radius 3 is 2.84 bits per heavy atom. The van der Waals surface area contributed by atoms with Gasteiger partial charge in [0.25, 0.3) is 0 Å². The van der Waals surface area contributed by atoms with Gasteiger partial charge in [-0.25, -0.2) is 9.97 Å². The van der Waals surface area contributed by atoms with E-state index >= 15 is 0 Å². The van der Waals surface area contributed by atoms with E-state index in [4.69, 9.17) is 23.2 Å². The molecule has 0 unspecified atom stereocenters. The van der Waals surface area contributed by atoms with Gasteiger partial charge in [0.15, 0.2) is 5.15 Å². The molecule has 6 nitrogen and oxygen atoms in total. The second-order valence-corrected chi connectivity index (χ2v) is 5.41. The Kier molecular flexibility index (Phi) is 2.94. The number of nitrogens with two attached hydrogens (primary N) is 2. The number of anilines is 1. The molecule has 0 aliphatic carbocycles. The summed E-state index contributed by atoms with van der Waals surface area (Å²) in [5, 5.41) is 5.14. The molecule has 0 aliphatic heterocycles. The summed E-state index contributed by atoms with van der Waals surface area (Å²) in [6.07, 6.45) is 1.61. The fraction of sp³-hybridized carbons (Fsp3) is 0. The van der Waals surface area contributed by atoms with Crippen LogP contribution in [0.5, 0.6) is 0 Å². The highest BCUT2D eigenvalue weighted by Crippen LogP contribution is 2.31. The quantitative estimate of drug-likeness (QED) is 0.493. The largest absolute Gasteiger partial charge is 0.368 e. The van der Waals surface area contributed by atoms with Crippen LogP contribution in [0, 0.1) is 3.57 Å². The summed E-state index contributed by atoms with van der Waals surface area (Å²) in [7, 11) is 0. The summed E-state index contributed by atoms with van der Waals surface area (Å²) in [4.78, 5) is 9.34. The van der Waals surface area contributed by atoms with Crippen molar-refractivity contribution in [1.82, 2.24) is 19.9 Å². The van der Waals surface area contributed by atoms with Crippen LogP contribution in [0.4, 0.5) is 5.95 Å². The lowest BCUT2D eigenvalue weighted by atomic mass is 10.1. The molecule has 0 radical (unpaired) electrons. The molecule has 0 spiro atoms. The Morgan fingerprint density at radius 1 is 1.32 bits per heavy atom. The lowest BCUT2D eigenvalue weighted by Crippen LogP contribution is -2.10.